The molecule has 1 aliphatic heterocycles. The lowest BCUT2D eigenvalue weighted by Crippen LogP contribution is -2.24. The number of nitrogens with one attached hydrogen (secondary N) is 3. The van der Waals surface area contributed by atoms with E-state index in [0.717, 1.165) is 42.6 Å². The molecule has 3 aromatic carbocycles. The molecule has 0 spiro atoms. The third kappa shape index (κ3) is 5.84. The number of fused-ring (bicyclic) bond motifs is 1. The maximum absolute atomic E-state index is 12.8. The molecule has 38 heavy (non-hydrogen) atoms. The van der Waals surface area contributed by atoms with E-state index in [4.69, 9.17) is 14.2 Å². The number of hydrogen-bond donors (Lipinski definition) is 3. The summed E-state index contributed by atoms with van der Waals surface area (Å²) in [4.78, 5) is 21.6. The number of anilines is 3. The molecule has 0 unspecified atom stereocenters. The van der Waals surface area contributed by atoms with Gasteiger partial charge in [0.15, 0.2) is 11.5 Å². The first-order valence-electron chi connectivity index (χ1n) is 12.3. The molecule has 4 aromatic rings. The van der Waals surface area contributed by atoms with E-state index >= 15 is 0 Å². The number of rotatable bonds is 8. The van der Waals surface area contributed by atoms with E-state index in [0.29, 0.717) is 40.0 Å². The van der Waals surface area contributed by atoms with Crippen molar-refractivity contribution in [2.45, 2.75) is 12.8 Å². The molecule has 1 saturated heterocycles. The molecule has 0 radical (unpaired) electrons. The number of carbonyl (C=O) groups excluding carboxylic acids is 1. The standard InChI is InChI=1S/C29H29N5O4/c1-36-26-17-23-22(16-24(26)34-28(35)14-19-10-12-30-13-11-19)29(32-18-31-23)33-20-8-9-25(27(15-20)37-2)38-21-6-4-3-5-7-21/h3-9,14-18,30H,10-13H2,1-2H3,(H,34,35)(H,31,32,33). The van der Waals surface area contributed by atoms with E-state index in [-0.39, 0.29) is 5.91 Å². The first-order chi connectivity index (χ1) is 18.6. The predicted octanol–water partition coefficient (Wildman–Crippen LogP) is 5.43. The van der Waals surface area contributed by atoms with Gasteiger partial charge in [-0.3, -0.25) is 4.79 Å². The van der Waals surface area contributed by atoms with Gasteiger partial charge in [0.1, 0.15) is 23.6 Å². The van der Waals surface area contributed by atoms with Gasteiger partial charge in [-0.25, -0.2) is 9.97 Å². The summed E-state index contributed by atoms with van der Waals surface area (Å²) in [6.07, 6.45) is 4.89. The smallest absolute Gasteiger partial charge is 0.248 e. The Balaban J connectivity index is 1.42. The van der Waals surface area contributed by atoms with E-state index in [1.165, 1.54) is 6.33 Å². The number of hydrogen-bond acceptors (Lipinski definition) is 8. The summed E-state index contributed by atoms with van der Waals surface area (Å²) in [5, 5.41) is 10.3. The second kappa shape index (κ2) is 11.6. The Morgan fingerprint density at radius 2 is 1.71 bits per heavy atom. The number of piperidine rings is 1. The van der Waals surface area contributed by atoms with E-state index in [9.17, 15) is 4.79 Å². The van der Waals surface area contributed by atoms with Gasteiger partial charge < -0.3 is 30.2 Å². The Morgan fingerprint density at radius 1 is 0.921 bits per heavy atom. The second-order valence-corrected chi connectivity index (χ2v) is 8.74. The lowest BCUT2D eigenvalue weighted by molar-refractivity contribution is -0.112. The topological polar surface area (TPSA) is 107 Å². The highest BCUT2D eigenvalue weighted by atomic mass is 16.5. The van der Waals surface area contributed by atoms with Crippen LogP contribution in [0.15, 0.2) is 78.6 Å². The van der Waals surface area contributed by atoms with Gasteiger partial charge in [0, 0.05) is 29.3 Å². The summed E-state index contributed by atoms with van der Waals surface area (Å²) >= 11 is 0. The van der Waals surface area contributed by atoms with Crippen molar-refractivity contribution in [3.63, 3.8) is 0 Å². The summed E-state index contributed by atoms with van der Waals surface area (Å²) in [7, 11) is 3.16. The number of benzene rings is 3. The summed E-state index contributed by atoms with van der Waals surface area (Å²) in [5.41, 5.74) is 3.09. The molecule has 0 bridgehead atoms. The number of aromatic nitrogens is 2. The zero-order chi connectivity index (χ0) is 26.3. The van der Waals surface area contributed by atoms with Crippen molar-refractivity contribution in [2.24, 2.45) is 0 Å². The van der Waals surface area contributed by atoms with Crippen LogP contribution in [0.5, 0.6) is 23.0 Å². The number of ether oxygens (including phenoxy) is 3. The van der Waals surface area contributed by atoms with Gasteiger partial charge in [0.2, 0.25) is 5.91 Å². The zero-order valence-corrected chi connectivity index (χ0v) is 21.3. The minimum Gasteiger partial charge on any atom is -0.494 e. The van der Waals surface area contributed by atoms with Crippen molar-refractivity contribution in [2.75, 3.05) is 37.9 Å². The largest absolute Gasteiger partial charge is 0.494 e. The minimum atomic E-state index is -0.190. The predicted molar refractivity (Wildman–Crippen MR) is 148 cm³/mol. The molecule has 1 aromatic heterocycles. The minimum absolute atomic E-state index is 0.190. The quantitative estimate of drug-likeness (QED) is 0.269. The second-order valence-electron chi connectivity index (χ2n) is 8.74. The summed E-state index contributed by atoms with van der Waals surface area (Å²) in [6.45, 7) is 1.77. The van der Waals surface area contributed by atoms with Crippen molar-refractivity contribution in [3.8, 4) is 23.0 Å². The fourth-order valence-electron chi connectivity index (χ4n) is 4.28. The van der Waals surface area contributed by atoms with Crippen molar-refractivity contribution >= 4 is 34.0 Å². The Bertz CT molecular complexity index is 1470. The van der Waals surface area contributed by atoms with Crippen LogP contribution in [0.4, 0.5) is 17.2 Å². The van der Waals surface area contributed by atoms with Crippen LogP contribution in [0.3, 0.4) is 0 Å². The third-order valence-electron chi connectivity index (χ3n) is 6.19. The Morgan fingerprint density at radius 3 is 2.47 bits per heavy atom. The molecule has 9 heteroatoms. The fraction of sp³-hybridized carbons (Fsp3) is 0.207. The number of nitrogens with zero attached hydrogens (tertiary/aromatic N) is 2. The highest BCUT2D eigenvalue weighted by Crippen LogP contribution is 2.37. The molecular weight excluding hydrogens is 482 g/mol. The van der Waals surface area contributed by atoms with E-state index in [2.05, 4.69) is 25.9 Å². The van der Waals surface area contributed by atoms with Gasteiger partial charge >= 0.3 is 0 Å². The summed E-state index contributed by atoms with van der Waals surface area (Å²) in [5.74, 6) is 2.77. The number of carbonyl (C=O) groups is 1. The van der Waals surface area contributed by atoms with Crippen LogP contribution in [0.25, 0.3) is 10.9 Å². The normalized spacial score (nSPS) is 13.1. The van der Waals surface area contributed by atoms with Crippen LogP contribution in [-0.2, 0) is 4.79 Å². The first-order valence-corrected chi connectivity index (χ1v) is 12.3. The molecule has 1 fully saturated rings. The van der Waals surface area contributed by atoms with Crippen LogP contribution < -0.4 is 30.2 Å². The lowest BCUT2D eigenvalue weighted by atomic mass is 10.1. The average molecular weight is 512 g/mol. The van der Waals surface area contributed by atoms with Gasteiger partial charge in [-0.15, -0.1) is 0 Å². The first kappa shape index (κ1) is 25.0. The Labute approximate surface area is 220 Å². The van der Waals surface area contributed by atoms with Crippen molar-refractivity contribution < 1.29 is 19.0 Å². The molecular formula is C29H29N5O4. The highest BCUT2D eigenvalue weighted by Gasteiger charge is 2.15. The molecule has 1 amide bonds. The fourth-order valence-corrected chi connectivity index (χ4v) is 4.28. The average Bonchev–Trinajstić information content (AvgIpc) is 2.95. The molecule has 9 nitrogen and oxygen atoms in total. The van der Waals surface area contributed by atoms with Gasteiger partial charge in [-0.1, -0.05) is 23.8 Å². The van der Waals surface area contributed by atoms with Gasteiger partial charge in [-0.05, 0) is 56.3 Å². The SMILES string of the molecule is COc1cc2ncnc(Nc3ccc(Oc4ccccc4)c(OC)c3)c2cc1NC(=O)C=C1CCNCC1. The highest BCUT2D eigenvalue weighted by molar-refractivity contribution is 6.04. The van der Waals surface area contributed by atoms with Crippen LogP contribution >= 0.6 is 0 Å². The lowest BCUT2D eigenvalue weighted by Gasteiger charge is -2.16. The number of methoxy groups -OCH3 is 2. The molecule has 0 saturated carbocycles. The maximum Gasteiger partial charge on any atom is 0.248 e. The Hall–Kier alpha value is -4.63. The third-order valence-corrected chi connectivity index (χ3v) is 6.19. The Kier molecular flexibility index (Phi) is 7.65. The van der Waals surface area contributed by atoms with Gasteiger partial charge in [0.05, 0.1) is 25.4 Å². The van der Waals surface area contributed by atoms with Gasteiger partial charge in [0.25, 0.3) is 0 Å². The molecule has 0 atom stereocenters. The maximum atomic E-state index is 12.8. The van der Waals surface area contributed by atoms with Gasteiger partial charge in [-0.2, -0.15) is 0 Å². The van der Waals surface area contributed by atoms with Crippen LogP contribution in [0.1, 0.15) is 12.8 Å². The molecule has 0 aliphatic carbocycles. The molecule has 5 rings (SSSR count). The van der Waals surface area contributed by atoms with Crippen molar-refractivity contribution in [3.05, 3.63) is 78.6 Å². The van der Waals surface area contributed by atoms with Crippen LogP contribution in [0, 0.1) is 0 Å². The van der Waals surface area contributed by atoms with Crippen LogP contribution in [0.2, 0.25) is 0 Å². The molecule has 194 valence electrons. The zero-order valence-electron chi connectivity index (χ0n) is 21.3. The summed E-state index contributed by atoms with van der Waals surface area (Å²) in [6, 6.07) is 18.7. The molecule has 1 aliphatic rings. The number of para-hydroxylation sites is 1. The molecule has 3 N–H and O–H groups in total. The summed E-state index contributed by atoms with van der Waals surface area (Å²) < 4.78 is 17.1. The van der Waals surface area contributed by atoms with Crippen molar-refractivity contribution in [1.29, 1.82) is 0 Å². The van der Waals surface area contributed by atoms with Crippen molar-refractivity contribution in [1.82, 2.24) is 15.3 Å². The number of amides is 1. The van der Waals surface area contributed by atoms with E-state index < -0.39 is 0 Å². The monoisotopic (exact) mass is 511 g/mol. The molecule has 2 heterocycles. The van der Waals surface area contributed by atoms with E-state index in [1.807, 2.05) is 54.6 Å². The van der Waals surface area contributed by atoms with E-state index in [1.54, 1.807) is 26.4 Å². The van der Waals surface area contributed by atoms with Crippen LogP contribution in [-0.4, -0.2) is 43.2 Å².